The van der Waals surface area contributed by atoms with E-state index in [1.807, 2.05) is 0 Å². The van der Waals surface area contributed by atoms with Crippen molar-refractivity contribution in [1.29, 1.82) is 0 Å². The van der Waals surface area contributed by atoms with E-state index in [1.165, 1.54) is 38.4 Å². The number of nitrogens with one attached hydrogen (secondary N) is 2. The molecule has 2 aliphatic rings. The molecule has 0 aliphatic carbocycles. The van der Waals surface area contributed by atoms with Gasteiger partial charge in [0.25, 0.3) is 5.91 Å². The van der Waals surface area contributed by atoms with Gasteiger partial charge in [0.15, 0.2) is 11.6 Å². The third-order valence-corrected chi connectivity index (χ3v) is 7.85. The van der Waals surface area contributed by atoms with Gasteiger partial charge in [0, 0.05) is 24.8 Å². The first-order valence-corrected chi connectivity index (χ1v) is 14.6. The number of anilines is 3. The molecule has 12 nitrogen and oxygen atoms in total. The van der Waals surface area contributed by atoms with E-state index in [-0.39, 0.29) is 17.9 Å². The fraction of sp³-hybridized carbons (Fsp3) is 0.281. The van der Waals surface area contributed by atoms with Gasteiger partial charge in [0.05, 0.1) is 49.0 Å². The highest BCUT2D eigenvalue weighted by Gasteiger charge is 2.53. The van der Waals surface area contributed by atoms with Crippen LogP contribution in [-0.4, -0.2) is 80.9 Å². The summed E-state index contributed by atoms with van der Waals surface area (Å²) in [6.07, 6.45) is -6.34. The number of fused-ring (bicyclic) bond motifs is 1. The van der Waals surface area contributed by atoms with E-state index in [0.29, 0.717) is 28.0 Å². The molecular weight excluding hydrogens is 657 g/mol. The molecule has 2 aliphatic heterocycles. The van der Waals surface area contributed by atoms with Crippen LogP contribution in [0.25, 0.3) is 0 Å². The Balaban J connectivity index is 1.70. The van der Waals surface area contributed by atoms with Crippen LogP contribution in [0.2, 0.25) is 0 Å². The van der Waals surface area contributed by atoms with E-state index in [9.17, 15) is 27.6 Å². The number of urea groups is 2. The Hall–Kier alpha value is -5.26. The maximum absolute atomic E-state index is 15.7. The molecule has 5 amide bonds. The van der Waals surface area contributed by atoms with Gasteiger partial charge in [-0.3, -0.25) is 19.5 Å². The van der Waals surface area contributed by atoms with Crippen molar-refractivity contribution in [2.75, 3.05) is 57.1 Å². The summed E-state index contributed by atoms with van der Waals surface area (Å²) in [5.41, 5.74) is 0.494. The number of hydrazine groups is 1. The number of amides is 5. The number of hydroxylamine groups is 1. The lowest BCUT2D eigenvalue weighted by atomic mass is 10.0. The minimum absolute atomic E-state index is 0.0652. The number of nitrogens with zero attached hydrogens (tertiary/aromatic N) is 5. The molecule has 1 atom stereocenters. The number of benzene rings is 3. The number of likely N-dealkylation sites (N-methyl/N-ethyl adjacent to an activating group) is 2. The van der Waals surface area contributed by atoms with Crippen LogP contribution < -0.4 is 25.4 Å². The number of ether oxygens (including phenoxy) is 1. The van der Waals surface area contributed by atoms with E-state index < -0.39 is 65.3 Å². The highest BCUT2D eigenvalue weighted by Crippen LogP contribution is 2.43. The molecule has 1 saturated heterocycles. The summed E-state index contributed by atoms with van der Waals surface area (Å²) in [7, 11) is 7.39. The topological polar surface area (TPSA) is 110 Å². The molecule has 260 valence electrons. The van der Waals surface area contributed by atoms with Gasteiger partial charge in [0.2, 0.25) is 0 Å². The lowest BCUT2D eigenvalue weighted by Gasteiger charge is -2.43. The molecule has 0 spiro atoms. The number of carbonyl (C=O) groups excluding carboxylic acids is 3. The number of carbonyl (C=O) groups is 3. The first-order chi connectivity index (χ1) is 23.2. The third-order valence-electron chi connectivity index (χ3n) is 7.85. The number of rotatable bonds is 9. The predicted octanol–water partition coefficient (Wildman–Crippen LogP) is 5.15. The zero-order valence-electron chi connectivity index (χ0n) is 26.9. The summed E-state index contributed by atoms with van der Waals surface area (Å²) in [4.78, 5) is 48.4. The molecule has 17 heteroatoms. The van der Waals surface area contributed by atoms with E-state index in [2.05, 4.69) is 15.6 Å². The summed E-state index contributed by atoms with van der Waals surface area (Å²) in [5.74, 6) is -3.52. The molecule has 0 bridgehead atoms. The number of hydrogen-bond donors (Lipinski definition) is 2. The van der Waals surface area contributed by atoms with Crippen LogP contribution in [0.1, 0.15) is 11.1 Å². The second-order valence-electron chi connectivity index (χ2n) is 11.3. The molecule has 0 aromatic heterocycles. The predicted molar refractivity (Wildman–Crippen MR) is 168 cm³/mol. The Morgan fingerprint density at radius 1 is 0.980 bits per heavy atom. The van der Waals surface area contributed by atoms with Crippen LogP contribution in [0.4, 0.5) is 48.6 Å². The van der Waals surface area contributed by atoms with Gasteiger partial charge in [0.1, 0.15) is 12.0 Å². The Labute approximate surface area is 277 Å². The van der Waals surface area contributed by atoms with Crippen molar-refractivity contribution in [3.8, 4) is 5.75 Å². The number of imide groups is 1. The van der Waals surface area contributed by atoms with E-state index in [1.54, 1.807) is 48.3 Å². The highest BCUT2D eigenvalue weighted by atomic mass is 19.4. The zero-order chi connectivity index (χ0) is 35.8. The van der Waals surface area contributed by atoms with Gasteiger partial charge < -0.3 is 15.0 Å². The quantitative estimate of drug-likeness (QED) is 0.235. The normalized spacial score (nSPS) is 16.9. The molecule has 49 heavy (non-hydrogen) atoms. The number of halogens is 5. The SMILES string of the molecule is CONC(=O)Nc1ccc(N2C(CN(C)C)=C3C(=O)N(c4cccc(OC)c4F)C(=O)N(Cc4c(F)cccc4C(F)(F)F)C3N2C)cc1. The van der Waals surface area contributed by atoms with Crippen LogP contribution >= 0.6 is 0 Å². The van der Waals surface area contributed by atoms with Crippen molar-refractivity contribution in [2.45, 2.75) is 18.9 Å². The van der Waals surface area contributed by atoms with Gasteiger partial charge in [-0.15, -0.1) is 0 Å². The molecule has 1 fully saturated rings. The van der Waals surface area contributed by atoms with Gasteiger partial charge >= 0.3 is 18.2 Å². The van der Waals surface area contributed by atoms with Crippen LogP contribution in [-0.2, 0) is 22.4 Å². The molecule has 2 heterocycles. The first kappa shape index (κ1) is 35.1. The molecular formula is C32H32F5N7O5. The smallest absolute Gasteiger partial charge is 0.416 e. The summed E-state index contributed by atoms with van der Waals surface area (Å²) >= 11 is 0. The van der Waals surface area contributed by atoms with E-state index in [4.69, 9.17) is 4.74 Å². The van der Waals surface area contributed by atoms with Crippen molar-refractivity contribution >= 4 is 35.0 Å². The maximum Gasteiger partial charge on any atom is 0.416 e. The molecule has 0 saturated carbocycles. The lowest BCUT2D eigenvalue weighted by molar-refractivity contribution is -0.138. The van der Waals surface area contributed by atoms with Crippen molar-refractivity contribution in [3.05, 3.63) is 94.7 Å². The largest absolute Gasteiger partial charge is 0.494 e. The van der Waals surface area contributed by atoms with E-state index >= 15 is 8.78 Å². The van der Waals surface area contributed by atoms with Crippen molar-refractivity contribution < 1.29 is 45.9 Å². The Morgan fingerprint density at radius 2 is 1.65 bits per heavy atom. The van der Waals surface area contributed by atoms with Crippen LogP contribution in [0.15, 0.2) is 71.9 Å². The molecule has 3 aromatic carbocycles. The van der Waals surface area contributed by atoms with Crippen LogP contribution in [0.5, 0.6) is 5.75 Å². The van der Waals surface area contributed by atoms with Crippen LogP contribution in [0, 0.1) is 11.6 Å². The summed E-state index contributed by atoms with van der Waals surface area (Å²) in [6.45, 7) is -0.864. The van der Waals surface area contributed by atoms with Gasteiger partial charge in [-0.05, 0) is 62.6 Å². The average Bonchev–Trinajstić information content (AvgIpc) is 3.31. The fourth-order valence-electron chi connectivity index (χ4n) is 5.86. The Kier molecular flexibility index (Phi) is 9.80. The third kappa shape index (κ3) is 6.59. The number of methoxy groups -OCH3 is 1. The Morgan fingerprint density at radius 3 is 2.27 bits per heavy atom. The minimum Gasteiger partial charge on any atom is -0.494 e. The monoisotopic (exact) mass is 689 g/mol. The molecule has 5 rings (SSSR count). The van der Waals surface area contributed by atoms with Crippen molar-refractivity contribution in [1.82, 2.24) is 20.3 Å². The summed E-state index contributed by atoms with van der Waals surface area (Å²) < 4.78 is 78.4. The second-order valence-corrected chi connectivity index (χ2v) is 11.3. The molecule has 1 unspecified atom stereocenters. The fourth-order valence-corrected chi connectivity index (χ4v) is 5.86. The Bertz CT molecular complexity index is 1800. The summed E-state index contributed by atoms with van der Waals surface area (Å²) in [6, 6.07) is 10.7. The number of hydrogen-bond acceptors (Lipinski definition) is 8. The molecule has 0 radical (unpaired) electrons. The van der Waals surface area contributed by atoms with Gasteiger partial charge in [-0.2, -0.15) is 18.2 Å². The zero-order valence-corrected chi connectivity index (χ0v) is 26.9. The van der Waals surface area contributed by atoms with E-state index in [0.717, 1.165) is 23.1 Å². The first-order valence-electron chi connectivity index (χ1n) is 14.6. The standard InChI is InChI=1S/C32H32F5N7O5/c1-40(2)17-24-26-28(41(3)44(24)19-14-12-18(13-15-19)38-30(46)39-49-5)42(16-20-21(32(35,36)37)8-6-9-22(20)33)31(47)43(29(26)45)23-10-7-11-25(48-4)27(23)34/h6-15,28H,16-17H2,1-5H3,(H2,38,39,46). The molecule has 3 aromatic rings. The summed E-state index contributed by atoms with van der Waals surface area (Å²) in [5, 5.41) is 5.59. The maximum atomic E-state index is 15.7. The van der Waals surface area contributed by atoms with Crippen molar-refractivity contribution in [2.24, 2.45) is 0 Å². The van der Waals surface area contributed by atoms with Crippen molar-refractivity contribution in [3.63, 3.8) is 0 Å². The minimum atomic E-state index is -4.98. The lowest BCUT2D eigenvalue weighted by Crippen LogP contribution is -2.62. The van der Waals surface area contributed by atoms with Gasteiger partial charge in [-0.25, -0.2) is 28.7 Å². The number of alkyl halides is 3. The molecule has 2 N–H and O–H groups in total. The van der Waals surface area contributed by atoms with Gasteiger partial charge in [-0.1, -0.05) is 12.1 Å². The second kappa shape index (κ2) is 13.7. The highest BCUT2D eigenvalue weighted by molar-refractivity contribution is 6.24. The average molecular weight is 690 g/mol. The van der Waals surface area contributed by atoms with Crippen LogP contribution in [0.3, 0.4) is 0 Å².